The Labute approximate surface area is 172 Å². The average Bonchev–Trinajstić information content (AvgIpc) is 2.73. The third-order valence-corrected chi connectivity index (χ3v) is 7.21. The van der Waals surface area contributed by atoms with Crippen molar-refractivity contribution < 1.29 is 14.7 Å². The van der Waals surface area contributed by atoms with Crippen LogP contribution >= 0.6 is 23.5 Å². The summed E-state index contributed by atoms with van der Waals surface area (Å²) in [5.41, 5.74) is 2.07. The van der Waals surface area contributed by atoms with Gasteiger partial charge in [-0.2, -0.15) is 0 Å². The quantitative estimate of drug-likeness (QED) is 0.538. The largest absolute Gasteiger partial charge is 0.477 e. The van der Waals surface area contributed by atoms with Crippen molar-refractivity contribution >= 4 is 35.4 Å². The Morgan fingerprint density at radius 3 is 2.50 bits per heavy atom. The third-order valence-electron chi connectivity index (χ3n) is 4.78. The molecule has 28 heavy (non-hydrogen) atoms. The summed E-state index contributed by atoms with van der Waals surface area (Å²) in [6.07, 6.45) is 0. The fraction of sp³-hybridized carbons (Fsp3) is 0.238. The zero-order valence-corrected chi connectivity index (χ0v) is 16.7. The van der Waals surface area contributed by atoms with Crippen LogP contribution in [0.4, 0.5) is 0 Å². The zero-order valence-electron chi connectivity index (χ0n) is 15.1. The van der Waals surface area contributed by atoms with Gasteiger partial charge in [-0.15, -0.1) is 23.5 Å². The SMILES string of the molecule is O=C(O)C1=C(CSc2ccccc2)CSC2[C@@H](NCc3ccccc3)C(=O)N12. The van der Waals surface area contributed by atoms with Gasteiger partial charge in [0.2, 0.25) is 5.91 Å². The first-order valence-electron chi connectivity index (χ1n) is 9.00. The van der Waals surface area contributed by atoms with Gasteiger partial charge < -0.3 is 5.11 Å². The van der Waals surface area contributed by atoms with Crippen LogP contribution in [-0.4, -0.2) is 44.8 Å². The Morgan fingerprint density at radius 2 is 1.82 bits per heavy atom. The Bertz CT molecular complexity index is 902. The predicted octanol–water partition coefficient (Wildman–Crippen LogP) is 3.19. The molecule has 1 amide bonds. The first-order valence-corrected chi connectivity index (χ1v) is 11.0. The van der Waals surface area contributed by atoms with Crippen molar-refractivity contribution in [1.82, 2.24) is 10.2 Å². The number of aliphatic carboxylic acids is 1. The number of β-lactam (4-membered cyclic amide) rings is 1. The molecule has 1 fully saturated rings. The van der Waals surface area contributed by atoms with Crippen molar-refractivity contribution in [2.75, 3.05) is 11.5 Å². The predicted molar refractivity (Wildman–Crippen MR) is 112 cm³/mol. The number of nitrogens with zero attached hydrogens (tertiary/aromatic N) is 1. The van der Waals surface area contributed by atoms with Gasteiger partial charge in [0, 0.05) is 22.9 Å². The highest BCUT2D eigenvalue weighted by Gasteiger charge is 2.53. The summed E-state index contributed by atoms with van der Waals surface area (Å²) in [5, 5.41) is 12.9. The molecule has 2 N–H and O–H groups in total. The standard InChI is InChI=1S/C21H20N2O3S2/c24-19-17(22-11-14-7-3-1-4-8-14)20-23(19)18(21(25)26)15(13-28-20)12-27-16-9-5-2-6-10-16/h1-10,17,20,22H,11-13H2,(H,25,26)/t17-,20?/m0/s1. The molecule has 2 aliphatic heterocycles. The molecule has 5 nitrogen and oxygen atoms in total. The molecular weight excluding hydrogens is 392 g/mol. The van der Waals surface area contributed by atoms with E-state index in [1.54, 1.807) is 23.5 Å². The van der Waals surface area contributed by atoms with E-state index >= 15 is 0 Å². The van der Waals surface area contributed by atoms with Crippen molar-refractivity contribution in [2.45, 2.75) is 22.9 Å². The molecule has 2 atom stereocenters. The molecule has 1 unspecified atom stereocenters. The number of thioether (sulfide) groups is 2. The first-order chi connectivity index (χ1) is 13.6. The lowest BCUT2D eigenvalue weighted by Gasteiger charge is -2.49. The molecule has 0 bridgehead atoms. The van der Waals surface area contributed by atoms with Crippen LogP contribution in [0.15, 0.2) is 76.8 Å². The molecule has 7 heteroatoms. The first kappa shape index (κ1) is 19.1. The molecule has 2 aliphatic rings. The summed E-state index contributed by atoms with van der Waals surface area (Å²) < 4.78 is 0. The lowest BCUT2D eigenvalue weighted by molar-refractivity contribution is -0.149. The maximum Gasteiger partial charge on any atom is 0.352 e. The molecule has 4 rings (SSSR count). The van der Waals surface area contributed by atoms with E-state index in [0.29, 0.717) is 18.1 Å². The van der Waals surface area contributed by atoms with Gasteiger partial charge in [-0.25, -0.2) is 4.79 Å². The monoisotopic (exact) mass is 412 g/mol. The number of amides is 1. The number of carbonyl (C=O) groups excluding carboxylic acids is 1. The van der Waals surface area contributed by atoms with Crippen LogP contribution < -0.4 is 5.32 Å². The molecular formula is C21H20N2O3S2. The van der Waals surface area contributed by atoms with Gasteiger partial charge in [-0.1, -0.05) is 48.5 Å². The van der Waals surface area contributed by atoms with Crippen LogP contribution in [0.25, 0.3) is 0 Å². The second-order valence-electron chi connectivity index (χ2n) is 6.61. The number of carbonyl (C=O) groups is 2. The van der Waals surface area contributed by atoms with Gasteiger partial charge in [-0.3, -0.25) is 15.0 Å². The highest BCUT2D eigenvalue weighted by molar-refractivity contribution is 8.01. The normalized spacial score (nSPS) is 21.3. The average molecular weight is 413 g/mol. The number of hydrogen-bond donors (Lipinski definition) is 2. The number of carboxylic acid groups (broad SMARTS) is 1. The van der Waals surface area contributed by atoms with Gasteiger partial charge in [0.1, 0.15) is 17.1 Å². The lowest BCUT2D eigenvalue weighted by Crippen LogP contribution is -2.69. The molecule has 0 radical (unpaired) electrons. The fourth-order valence-electron chi connectivity index (χ4n) is 3.36. The van der Waals surface area contributed by atoms with Gasteiger partial charge in [0.05, 0.1) is 0 Å². The highest BCUT2D eigenvalue weighted by Crippen LogP contribution is 2.41. The number of fused-ring (bicyclic) bond motifs is 1. The Hall–Kier alpha value is -2.22. The summed E-state index contributed by atoms with van der Waals surface area (Å²) in [6, 6.07) is 19.4. The molecule has 0 aliphatic carbocycles. The van der Waals surface area contributed by atoms with Crippen LogP contribution in [0.2, 0.25) is 0 Å². The van der Waals surface area contributed by atoms with Crippen LogP contribution in [0.1, 0.15) is 5.56 Å². The van der Waals surface area contributed by atoms with Gasteiger partial charge in [0.25, 0.3) is 0 Å². The minimum absolute atomic E-state index is 0.159. The molecule has 0 aromatic heterocycles. The van der Waals surface area contributed by atoms with Gasteiger partial charge >= 0.3 is 5.97 Å². The molecule has 1 saturated heterocycles. The number of nitrogens with one attached hydrogen (secondary N) is 1. The van der Waals surface area contributed by atoms with E-state index in [9.17, 15) is 14.7 Å². The maximum absolute atomic E-state index is 12.7. The molecule has 144 valence electrons. The Morgan fingerprint density at radius 1 is 1.14 bits per heavy atom. The van der Waals surface area contributed by atoms with E-state index in [0.717, 1.165) is 16.0 Å². The Balaban J connectivity index is 1.45. The van der Waals surface area contributed by atoms with E-state index in [-0.39, 0.29) is 23.0 Å². The van der Waals surface area contributed by atoms with Crippen LogP contribution in [0.5, 0.6) is 0 Å². The van der Waals surface area contributed by atoms with Crippen LogP contribution in [0.3, 0.4) is 0 Å². The smallest absolute Gasteiger partial charge is 0.352 e. The van der Waals surface area contributed by atoms with Crippen molar-refractivity contribution in [3.05, 3.63) is 77.5 Å². The van der Waals surface area contributed by atoms with Crippen molar-refractivity contribution in [3.63, 3.8) is 0 Å². The number of carboxylic acids is 1. The molecule has 0 saturated carbocycles. The van der Waals surface area contributed by atoms with Crippen LogP contribution in [-0.2, 0) is 16.1 Å². The van der Waals surface area contributed by atoms with Crippen LogP contribution in [0, 0.1) is 0 Å². The van der Waals surface area contributed by atoms with E-state index in [1.807, 2.05) is 60.7 Å². The fourth-order valence-corrected chi connectivity index (χ4v) is 5.79. The summed E-state index contributed by atoms with van der Waals surface area (Å²) in [6.45, 7) is 0.588. The summed E-state index contributed by atoms with van der Waals surface area (Å²) >= 11 is 3.23. The minimum atomic E-state index is -1.02. The van der Waals surface area contributed by atoms with Crippen molar-refractivity contribution in [3.8, 4) is 0 Å². The second-order valence-corrected chi connectivity index (χ2v) is 8.77. The molecule has 2 aromatic rings. The van der Waals surface area contributed by atoms with E-state index in [2.05, 4.69) is 5.32 Å². The lowest BCUT2D eigenvalue weighted by atomic mass is 10.0. The zero-order chi connectivity index (χ0) is 19.5. The summed E-state index contributed by atoms with van der Waals surface area (Å²) in [7, 11) is 0. The third kappa shape index (κ3) is 3.83. The minimum Gasteiger partial charge on any atom is -0.477 e. The second kappa shape index (κ2) is 8.43. The Kier molecular flexibility index (Phi) is 5.75. The van der Waals surface area contributed by atoms with Gasteiger partial charge in [0.15, 0.2) is 0 Å². The molecule has 2 heterocycles. The summed E-state index contributed by atoms with van der Waals surface area (Å²) in [5.74, 6) is 0.00742. The van der Waals surface area contributed by atoms with Crippen molar-refractivity contribution in [1.29, 1.82) is 0 Å². The van der Waals surface area contributed by atoms with E-state index < -0.39 is 5.97 Å². The number of benzene rings is 2. The molecule has 0 spiro atoms. The maximum atomic E-state index is 12.7. The highest BCUT2D eigenvalue weighted by atomic mass is 32.2. The van der Waals surface area contributed by atoms with Crippen molar-refractivity contribution in [2.24, 2.45) is 0 Å². The van der Waals surface area contributed by atoms with E-state index in [4.69, 9.17) is 0 Å². The van der Waals surface area contributed by atoms with Gasteiger partial charge in [-0.05, 0) is 23.3 Å². The number of rotatable bonds is 7. The molecule has 2 aromatic carbocycles. The number of hydrogen-bond acceptors (Lipinski definition) is 5. The topological polar surface area (TPSA) is 69.6 Å². The van der Waals surface area contributed by atoms with E-state index in [1.165, 1.54) is 4.90 Å². The summed E-state index contributed by atoms with van der Waals surface area (Å²) in [4.78, 5) is 27.2.